The fraction of sp³-hybridized carbons (Fsp3) is 0.0769. The number of alkyl halides is 3. The first-order valence-corrected chi connectivity index (χ1v) is 5.20. The van der Waals surface area contributed by atoms with Crippen LogP contribution in [0.5, 0.6) is 0 Å². The van der Waals surface area contributed by atoms with E-state index in [1.165, 1.54) is 6.07 Å². The third kappa shape index (κ3) is 2.83. The summed E-state index contributed by atoms with van der Waals surface area (Å²) in [6.45, 7) is 0. The molecular formula is C13H8F5N. The molecule has 0 saturated carbocycles. The summed E-state index contributed by atoms with van der Waals surface area (Å²) < 4.78 is 64.0. The van der Waals surface area contributed by atoms with Gasteiger partial charge in [0.25, 0.3) is 0 Å². The van der Waals surface area contributed by atoms with Crippen LogP contribution in [-0.4, -0.2) is 0 Å². The second-order valence-corrected chi connectivity index (χ2v) is 3.97. The first-order valence-electron chi connectivity index (χ1n) is 5.20. The standard InChI is InChI=1S/C13H8F5N/c14-9-3-8(4-10(19)6-9)7-1-2-12(15)11(5-7)13(16,17)18/h1-6H,19H2. The van der Waals surface area contributed by atoms with Crippen molar-refractivity contribution >= 4 is 5.69 Å². The van der Waals surface area contributed by atoms with Gasteiger partial charge in [0.15, 0.2) is 0 Å². The zero-order chi connectivity index (χ0) is 14.2. The lowest BCUT2D eigenvalue weighted by atomic mass is 10.0. The van der Waals surface area contributed by atoms with E-state index in [1.807, 2.05) is 0 Å². The molecule has 0 bridgehead atoms. The van der Waals surface area contributed by atoms with Gasteiger partial charge >= 0.3 is 6.18 Å². The maximum atomic E-state index is 13.2. The summed E-state index contributed by atoms with van der Waals surface area (Å²) in [6.07, 6.45) is -4.81. The molecule has 2 rings (SSSR count). The molecule has 0 saturated heterocycles. The average molecular weight is 273 g/mol. The number of hydrogen-bond acceptors (Lipinski definition) is 1. The molecule has 0 aromatic heterocycles. The molecule has 100 valence electrons. The molecule has 19 heavy (non-hydrogen) atoms. The highest BCUT2D eigenvalue weighted by Crippen LogP contribution is 2.34. The fourth-order valence-corrected chi connectivity index (χ4v) is 1.70. The SMILES string of the molecule is Nc1cc(F)cc(-c2ccc(F)c(C(F)(F)F)c2)c1. The molecule has 0 fully saturated rings. The molecule has 0 heterocycles. The van der Waals surface area contributed by atoms with Gasteiger partial charge in [0.05, 0.1) is 5.56 Å². The van der Waals surface area contributed by atoms with E-state index in [0.29, 0.717) is 12.1 Å². The minimum atomic E-state index is -4.81. The number of nitrogens with two attached hydrogens (primary N) is 1. The van der Waals surface area contributed by atoms with Crippen molar-refractivity contribution < 1.29 is 22.0 Å². The van der Waals surface area contributed by atoms with Crippen LogP contribution in [0.2, 0.25) is 0 Å². The van der Waals surface area contributed by atoms with E-state index >= 15 is 0 Å². The first-order chi connectivity index (χ1) is 8.77. The number of nitrogen functional groups attached to an aromatic ring is 1. The predicted octanol–water partition coefficient (Wildman–Crippen LogP) is 4.23. The van der Waals surface area contributed by atoms with Gasteiger partial charge in [-0.25, -0.2) is 8.78 Å². The highest BCUT2D eigenvalue weighted by atomic mass is 19.4. The minimum Gasteiger partial charge on any atom is -0.399 e. The number of rotatable bonds is 1. The Kier molecular flexibility index (Phi) is 3.18. The van der Waals surface area contributed by atoms with Gasteiger partial charge in [-0.1, -0.05) is 6.07 Å². The Morgan fingerprint density at radius 3 is 2.11 bits per heavy atom. The lowest BCUT2D eigenvalue weighted by Gasteiger charge is -2.10. The summed E-state index contributed by atoms with van der Waals surface area (Å²) in [4.78, 5) is 0. The molecule has 2 aromatic rings. The van der Waals surface area contributed by atoms with Crippen molar-refractivity contribution in [2.24, 2.45) is 0 Å². The van der Waals surface area contributed by atoms with E-state index in [-0.39, 0.29) is 16.8 Å². The third-order valence-electron chi connectivity index (χ3n) is 2.53. The average Bonchev–Trinajstić information content (AvgIpc) is 2.26. The molecule has 0 amide bonds. The first kappa shape index (κ1) is 13.3. The summed E-state index contributed by atoms with van der Waals surface area (Å²) in [5.74, 6) is -2.05. The van der Waals surface area contributed by atoms with Crippen LogP contribution in [-0.2, 0) is 6.18 Å². The lowest BCUT2D eigenvalue weighted by Crippen LogP contribution is -2.08. The maximum Gasteiger partial charge on any atom is 0.419 e. The summed E-state index contributed by atoms with van der Waals surface area (Å²) in [5, 5.41) is 0. The van der Waals surface area contributed by atoms with Crippen LogP contribution in [0.25, 0.3) is 11.1 Å². The maximum absolute atomic E-state index is 13.2. The van der Waals surface area contributed by atoms with Crippen LogP contribution in [0.15, 0.2) is 36.4 Å². The number of benzene rings is 2. The van der Waals surface area contributed by atoms with Crippen molar-refractivity contribution in [3.63, 3.8) is 0 Å². The van der Waals surface area contributed by atoms with Crippen molar-refractivity contribution in [3.8, 4) is 11.1 Å². The number of halogens is 5. The quantitative estimate of drug-likeness (QED) is 0.610. The van der Waals surface area contributed by atoms with E-state index in [0.717, 1.165) is 18.2 Å². The Morgan fingerprint density at radius 1 is 0.842 bits per heavy atom. The molecular weight excluding hydrogens is 265 g/mol. The molecule has 0 aliphatic carbocycles. The van der Waals surface area contributed by atoms with Gasteiger partial charge in [0.1, 0.15) is 11.6 Å². The Hall–Kier alpha value is -2.11. The molecule has 2 aromatic carbocycles. The van der Waals surface area contributed by atoms with E-state index in [2.05, 4.69) is 0 Å². The smallest absolute Gasteiger partial charge is 0.399 e. The largest absolute Gasteiger partial charge is 0.419 e. The monoisotopic (exact) mass is 273 g/mol. The van der Waals surface area contributed by atoms with Crippen LogP contribution in [0.3, 0.4) is 0 Å². The normalized spacial score (nSPS) is 11.6. The Bertz CT molecular complexity index is 599. The Balaban J connectivity index is 2.58. The van der Waals surface area contributed by atoms with E-state index in [1.54, 1.807) is 0 Å². The van der Waals surface area contributed by atoms with Gasteiger partial charge in [-0.3, -0.25) is 0 Å². The topological polar surface area (TPSA) is 26.0 Å². The highest BCUT2D eigenvalue weighted by Gasteiger charge is 2.34. The van der Waals surface area contributed by atoms with Gasteiger partial charge in [-0.2, -0.15) is 13.2 Å². The second-order valence-electron chi connectivity index (χ2n) is 3.97. The summed E-state index contributed by atoms with van der Waals surface area (Å²) >= 11 is 0. The molecule has 0 atom stereocenters. The predicted molar refractivity (Wildman–Crippen MR) is 61.2 cm³/mol. The number of anilines is 1. The molecule has 6 heteroatoms. The van der Waals surface area contributed by atoms with Crippen LogP contribution in [0, 0.1) is 11.6 Å². The highest BCUT2D eigenvalue weighted by molar-refractivity contribution is 5.68. The van der Waals surface area contributed by atoms with E-state index in [9.17, 15) is 22.0 Å². The van der Waals surface area contributed by atoms with Crippen LogP contribution < -0.4 is 5.73 Å². The summed E-state index contributed by atoms with van der Waals surface area (Å²) in [7, 11) is 0. The molecule has 0 radical (unpaired) electrons. The second kappa shape index (κ2) is 4.53. The molecule has 0 aliphatic heterocycles. The fourth-order valence-electron chi connectivity index (χ4n) is 1.70. The molecule has 0 spiro atoms. The molecule has 0 unspecified atom stereocenters. The van der Waals surface area contributed by atoms with Gasteiger partial charge in [0, 0.05) is 5.69 Å². The Labute approximate surface area is 105 Å². The lowest BCUT2D eigenvalue weighted by molar-refractivity contribution is -0.139. The van der Waals surface area contributed by atoms with Gasteiger partial charge < -0.3 is 5.73 Å². The van der Waals surface area contributed by atoms with Crippen LogP contribution in [0.1, 0.15) is 5.56 Å². The van der Waals surface area contributed by atoms with Gasteiger partial charge in [-0.15, -0.1) is 0 Å². The number of hydrogen-bond donors (Lipinski definition) is 1. The molecule has 2 N–H and O–H groups in total. The molecule has 0 aliphatic rings. The van der Waals surface area contributed by atoms with Gasteiger partial charge in [-0.05, 0) is 41.5 Å². The zero-order valence-corrected chi connectivity index (χ0v) is 9.43. The van der Waals surface area contributed by atoms with Crippen LogP contribution >= 0.6 is 0 Å². The van der Waals surface area contributed by atoms with E-state index in [4.69, 9.17) is 5.73 Å². The van der Waals surface area contributed by atoms with Crippen molar-refractivity contribution in [3.05, 3.63) is 53.6 Å². The summed E-state index contributed by atoms with van der Waals surface area (Å²) in [6, 6.07) is 5.85. The summed E-state index contributed by atoms with van der Waals surface area (Å²) in [5.41, 5.74) is 4.29. The van der Waals surface area contributed by atoms with E-state index < -0.39 is 23.4 Å². The third-order valence-corrected chi connectivity index (χ3v) is 2.53. The van der Waals surface area contributed by atoms with Crippen LogP contribution in [0.4, 0.5) is 27.6 Å². The van der Waals surface area contributed by atoms with Crippen molar-refractivity contribution in [1.29, 1.82) is 0 Å². The van der Waals surface area contributed by atoms with Crippen molar-refractivity contribution in [2.75, 3.05) is 5.73 Å². The molecule has 1 nitrogen and oxygen atoms in total. The Morgan fingerprint density at radius 2 is 1.53 bits per heavy atom. The van der Waals surface area contributed by atoms with Crippen molar-refractivity contribution in [2.45, 2.75) is 6.18 Å². The van der Waals surface area contributed by atoms with Gasteiger partial charge in [0.2, 0.25) is 0 Å². The zero-order valence-electron chi connectivity index (χ0n) is 9.43. The van der Waals surface area contributed by atoms with Crippen molar-refractivity contribution in [1.82, 2.24) is 0 Å². The minimum absolute atomic E-state index is 0.0416.